The molecule has 1 aliphatic rings. The van der Waals surface area contributed by atoms with Crippen molar-refractivity contribution in [2.24, 2.45) is 5.73 Å². The predicted octanol–water partition coefficient (Wildman–Crippen LogP) is 1.95. The minimum Gasteiger partial charge on any atom is -0.372 e. The second kappa shape index (κ2) is 3.76. The van der Waals surface area contributed by atoms with Gasteiger partial charge in [-0.3, -0.25) is 0 Å². The lowest BCUT2D eigenvalue weighted by molar-refractivity contribution is 0.117. The zero-order valence-electron chi connectivity index (χ0n) is 8.45. The van der Waals surface area contributed by atoms with Crippen molar-refractivity contribution in [3.8, 4) is 0 Å². The van der Waals surface area contributed by atoms with Crippen molar-refractivity contribution in [1.82, 2.24) is 0 Å². The van der Waals surface area contributed by atoms with E-state index in [0.29, 0.717) is 18.6 Å². The van der Waals surface area contributed by atoms with Gasteiger partial charge in [-0.15, -0.1) is 6.58 Å². The van der Waals surface area contributed by atoms with Gasteiger partial charge in [-0.1, -0.05) is 24.3 Å². The molecule has 0 bridgehead atoms. The van der Waals surface area contributed by atoms with Crippen LogP contribution in [-0.2, 0) is 10.3 Å². The molecule has 0 aromatic heterocycles. The molecule has 15 heavy (non-hydrogen) atoms. The molecule has 1 aromatic carbocycles. The molecule has 2 atom stereocenters. The lowest BCUT2D eigenvalue weighted by Gasteiger charge is -2.28. The third kappa shape index (κ3) is 1.58. The Morgan fingerprint density at radius 3 is 2.93 bits per heavy atom. The quantitative estimate of drug-likeness (QED) is 0.752. The fraction of sp³-hybridized carbons (Fsp3) is 0.333. The van der Waals surface area contributed by atoms with Gasteiger partial charge < -0.3 is 10.5 Å². The summed E-state index contributed by atoms with van der Waals surface area (Å²) in [6, 6.07) is 6.56. The number of benzene rings is 1. The Balaban J connectivity index is 2.45. The first-order chi connectivity index (χ1) is 7.18. The fourth-order valence-corrected chi connectivity index (χ4v) is 2.05. The van der Waals surface area contributed by atoms with E-state index in [-0.39, 0.29) is 11.9 Å². The number of rotatable bonds is 2. The van der Waals surface area contributed by atoms with Crippen LogP contribution in [0.5, 0.6) is 0 Å². The summed E-state index contributed by atoms with van der Waals surface area (Å²) in [6.45, 7) is 4.21. The first-order valence-corrected chi connectivity index (χ1v) is 4.96. The first kappa shape index (κ1) is 10.3. The smallest absolute Gasteiger partial charge is 0.128 e. The van der Waals surface area contributed by atoms with Gasteiger partial charge in [0.2, 0.25) is 0 Å². The zero-order chi connectivity index (χ0) is 10.9. The summed E-state index contributed by atoms with van der Waals surface area (Å²) in [5.41, 5.74) is 5.94. The molecule has 1 heterocycles. The second-order valence-corrected chi connectivity index (χ2v) is 3.80. The number of hydrogen-bond acceptors (Lipinski definition) is 2. The molecule has 0 saturated carbocycles. The summed E-state index contributed by atoms with van der Waals surface area (Å²) < 4.78 is 19.0. The molecule has 0 spiro atoms. The highest BCUT2D eigenvalue weighted by Crippen LogP contribution is 2.35. The lowest BCUT2D eigenvalue weighted by atomic mass is 9.84. The number of ether oxygens (including phenoxy) is 1. The normalized spacial score (nSPS) is 30.4. The van der Waals surface area contributed by atoms with Crippen molar-refractivity contribution < 1.29 is 9.13 Å². The SMILES string of the molecule is C=C[C@@H]1OCC[C@@]1(N)c1ccccc1F. The highest BCUT2D eigenvalue weighted by molar-refractivity contribution is 5.30. The van der Waals surface area contributed by atoms with E-state index in [9.17, 15) is 4.39 Å². The van der Waals surface area contributed by atoms with Crippen LogP contribution in [0.2, 0.25) is 0 Å². The number of nitrogens with two attached hydrogens (primary N) is 1. The summed E-state index contributed by atoms with van der Waals surface area (Å²) >= 11 is 0. The summed E-state index contributed by atoms with van der Waals surface area (Å²) in [5.74, 6) is -0.280. The van der Waals surface area contributed by atoms with Crippen molar-refractivity contribution >= 4 is 0 Å². The molecular formula is C12H14FNO. The van der Waals surface area contributed by atoms with E-state index in [1.807, 2.05) is 0 Å². The standard InChI is InChI=1S/C12H14FNO/c1-2-11-12(14,7-8-15-11)9-5-3-4-6-10(9)13/h2-6,11H,1,7-8,14H2/t11-,12+/m0/s1. The van der Waals surface area contributed by atoms with Gasteiger partial charge in [0.1, 0.15) is 5.82 Å². The van der Waals surface area contributed by atoms with Crippen LogP contribution in [0, 0.1) is 5.82 Å². The maximum atomic E-state index is 13.6. The molecule has 0 radical (unpaired) electrons. The Morgan fingerprint density at radius 1 is 1.53 bits per heavy atom. The average molecular weight is 207 g/mol. The van der Waals surface area contributed by atoms with Gasteiger partial charge in [0.05, 0.1) is 11.6 Å². The molecule has 0 aliphatic carbocycles. The molecule has 2 N–H and O–H groups in total. The molecule has 80 valence electrons. The number of hydrogen-bond donors (Lipinski definition) is 1. The van der Waals surface area contributed by atoms with Crippen LogP contribution in [0.25, 0.3) is 0 Å². The molecule has 1 aliphatic heterocycles. The van der Waals surface area contributed by atoms with Gasteiger partial charge in [0.25, 0.3) is 0 Å². The lowest BCUT2D eigenvalue weighted by Crippen LogP contribution is -2.44. The van der Waals surface area contributed by atoms with Crippen molar-refractivity contribution in [3.05, 3.63) is 48.3 Å². The Morgan fingerprint density at radius 2 is 2.27 bits per heavy atom. The van der Waals surface area contributed by atoms with Crippen LogP contribution in [0.4, 0.5) is 4.39 Å². The van der Waals surface area contributed by atoms with Gasteiger partial charge >= 0.3 is 0 Å². The van der Waals surface area contributed by atoms with Gasteiger partial charge in [0, 0.05) is 12.2 Å². The van der Waals surface area contributed by atoms with E-state index < -0.39 is 5.54 Å². The third-order valence-corrected chi connectivity index (χ3v) is 2.91. The van der Waals surface area contributed by atoms with Crippen molar-refractivity contribution in [2.45, 2.75) is 18.1 Å². The van der Waals surface area contributed by atoms with Crippen LogP contribution < -0.4 is 5.73 Å². The molecule has 1 aromatic rings. The molecule has 0 unspecified atom stereocenters. The summed E-state index contributed by atoms with van der Waals surface area (Å²) in [7, 11) is 0. The summed E-state index contributed by atoms with van der Waals surface area (Å²) in [4.78, 5) is 0. The highest BCUT2D eigenvalue weighted by atomic mass is 19.1. The van der Waals surface area contributed by atoms with Gasteiger partial charge in [0.15, 0.2) is 0 Å². The Kier molecular flexibility index (Phi) is 2.59. The van der Waals surface area contributed by atoms with E-state index >= 15 is 0 Å². The highest BCUT2D eigenvalue weighted by Gasteiger charge is 2.42. The maximum absolute atomic E-state index is 13.6. The van der Waals surface area contributed by atoms with E-state index in [4.69, 9.17) is 10.5 Å². The van der Waals surface area contributed by atoms with Crippen LogP contribution in [0.1, 0.15) is 12.0 Å². The summed E-state index contributed by atoms with van der Waals surface area (Å²) in [6.07, 6.45) is 1.94. The van der Waals surface area contributed by atoms with Crippen LogP contribution in [0.3, 0.4) is 0 Å². The van der Waals surface area contributed by atoms with Crippen molar-refractivity contribution in [1.29, 1.82) is 0 Å². The topological polar surface area (TPSA) is 35.2 Å². The van der Waals surface area contributed by atoms with Gasteiger partial charge in [-0.25, -0.2) is 4.39 Å². The zero-order valence-corrected chi connectivity index (χ0v) is 8.45. The van der Waals surface area contributed by atoms with E-state index in [1.54, 1.807) is 24.3 Å². The van der Waals surface area contributed by atoms with E-state index in [1.165, 1.54) is 6.07 Å². The minimum atomic E-state index is -0.771. The fourth-order valence-electron chi connectivity index (χ4n) is 2.05. The summed E-state index contributed by atoms with van der Waals surface area (Å²) in [5, 5.41) is 0. The third-order valence-electron chi connectivity index (χ3n) is 2.91. The van der Waals surface area contributed by atoms with Crippen LogP contribution >= 0.6 is 0 Å². The number of halogens is 1. The van der Waals surface area contributed by atoms with E-state index in [0.717, 1.165) is 0 Å². The van der Waals surface area contributed by atoms with Gasteiger partial charge in [-0.05, 0) is 12.5 Å². The first-order valence-electron chi connectivity index (χ1n) is 4.96. The molecule has 2 rings (SSSR count). The average Bonchev–Trinajstić information content (AvgIpc) is 2.61. The molecule has 3 heteroatoms. The molecule has 1 saturated heterocycles. The Hall–Kier alpha value is -1.19. The van der Waals surface area contributed by atoms with Gasteiger partial charge in [-0.2, -0.15) is 0 Å². The molecule has 0 amide bonds. The van der Waals surface area contributed by atoms with Crippen molar-refractivity contribution in [3.63, 3.8) is 0 Å². The second-order valence-electron chi connectivity index (χ2n) is 3.80. The van der Waals surface area contributed by atoms with E-state index in [2.05, 4.69) is 6.58 Å². The van der Waals surface area contributed by atoms with Crippen LogP contribution in [-0.4, -0.2) is 12.7 Å². The Bertz CT molecular complexity index is 380. The minimum absolute atomic E-state index is 0.280. The predicted molar refractivity (Wildman–Crippen MR) is 56.8 cm³/mol. The molecular weight excluding hydrogens is 193 g/mol. The maximum Gasteiger partial charge on any atom is 0.128 e. The Labute approximate surface area is 88.5 Å². The molecule has 1 fully saturated rings. The largest absolute Gasteiger partial charge is 0.372 e. The van der Waals surface area contributed by atoms with Crippen molar-refractivity contribution in [2.75, 3.05) is 6.61 Å². The van der Waals surface area contributed by atoms with Crippen LogP contribution in [0.15, 0.2) is 36.9 Å². The monoisotopic (exact) mass is 207 g/mol. The molecule has 2 nitrogen and oxygen atoms in total.